The van der Waals surface area contributed by atoms with Gasteiger partial charge in [0.2, 0.25) is 0 Å². The second-order valence-electron chi connectivity index (χ2n) is 5.41. The molecule has 0 radical (unpaired) electrons. The number of hydrogen-bond donors (Lipinski definition) is 1. The van der Waals surface area contributed by atoms with E-state index >= 15 is 0 Å². The van der Waals surface area contributed by atoms with E-state index in [1.807, 2.05) is 6.07 Å². The fraction of sp³-hybridized carbons (Fsp3) is 0.444. The molecule has 118 valence electrons. The molecule has 2 rings (SSSR count). The van der Waals surface area contributed by atoms with Crippen LogP contribution in [-0.4, -0.2) is 29.6 Å². The lowest BCUT2D eigenvalue weighted by Gasteiger charge is -2.22. The summed E-state index contributed by atoms with van der Waals surface area (Å²) in [5.74, 6) is 1.92. The van der Waals surface area contributed by atoms with Crippen LogP contribution in [0.1, 0.15) is 32.3 Å². The molecule has 0 fully saturated rings. The molecule has 0 amide bonds. The molecule has 0 aliphatic heterocycles. The standard InChI is InChI=1S/C18H26N4/c1-3-12-22(13-4-2)18-14-17(20-15-21-18)19-11-10-16-8-6-5-7-9-16/h5-9,14-15H,3-4,10-13H2,1-2H3,(H,19,20,21). The zero-order valence-corrected chi connectivity index (χ0v) is 13.6. The van der Waals surface area contributed by atoms with E-state index in [-0.39, 0.29) is 0 Å². The van der Waals surface area contributed by atoms with Crippen molar-refractivity contribution in [3.63, 3.8) is 0 Å². The maximum absolute atomic E-state index is 4.42. The molecule has 4 heteroatoms. The molecule has 1 N–H and O–H groups in total. The van der Waals surface area contributed by atoms with Gasteiger partial charge in [-0.1, -0.05) is 44.2 Å². The first-order chi connectivity index (χ1) is 10.8. The Balaban J connectivity index is 1.92. The van der Waals surface area contributed by atoms with Crippen LogP contribution >= 0.6 is 0 Å². The molecular weight excluding hydrogens is 272 g/mol. The fourth-order valence-corrected chi connectivity index (χ4v) is 2.48. The Morgan fingerprint density at radius 2 is 1.73 bits per heavy atom. The smallest absolute Gasteiger partial charge is 0.134 e. The van der Waals surface area contributed by atoms with Crippen LogP contribution in [0.3, 0.4) is 0 Å². The zero-order valence-electron chi connectivity index (χ0n) is 13.6. The topological polar surface area (TPSA) is 41.0 Å². The minimum Gasteiger partial charge on any atom is -0.370 e. The Labute approximate surface area is 133 Å². The van der Waals surface area contributed by atoms with Gasteiger partial charge in [-0.3, -0.25) is 0 Å². The van der Waals surface area contributed by atoms with E-state index in [0.717, 1.165) is 50.5 Å². The number of aromatic nitrogens is 2. The zero-order chi connectivity index (χ0) is 15.6. The average Bonchev–Trinajstić information content (AvgIpc) is 2.56. The minimum absolute atomic E-state index is 0.877. The maximum atomic E-state index is 4.42. The summed E-state index contributed by atoms with van der Waals surface area (Å²) in [5.41, 5.74) is 1.34. The molecule has 2 aromatic rings. The van der Waals surface area contributed by atoms with Gasteiger partial charge in [-0.25, -0.2) is 9.97 Å². The van der Waals surface area contributed by atoms with E-state index in [4.69, 9.17) is 0 Å². The van der Waals surface area contributed by atoms with Crippen molar-refractivity contribution in [2.24, 2.45) is 0 Å². The quantitative estimate of drug-likeness (QED) is 0.765. The Morgan fingerprint density at radius 3 is 2.41 bits per heavy atom. The predicted molar refractivity (Wildman–Crippen MR) is 93.5 cm³/mol. The molecule has 0 saturated carbocycles. The molecule has 1 aromatic heterocycles. The van der Waals surface area contributed by atoms with Crippen LogP contribution in [0.5, 0.6) is 0 Å². The second kappa shape index (κ2) is 9.03. The summed E-state index contributed by atoms with van der Waals surface area (Å²) in [7, 11) is 0. The van der Waals surface area contributed by atoms with Gasteiger partial charge >= 0.3 is 0 Å². The van der Waals surface area contributed by atoms with Crippen LogP contribution in [0.4, 0.5) is 11.6 Å². The van der Waals surface area contributed by atoms with E-state index in [1.165, 1.54) is 5.56 Å². The normalized spacial score (nSPS) is 10.5. The van der Waals surface area contributed by atoms with Crippen molar-refractivity contribution in [3.05, 3.63) is 48.3 Å². The fourth-order valence-electron chi connectivity index (χ4n) is 2.48. The summed E-state index contributed by atoms with van der Waals surface area (Å²) in [6.07, 6.45) is 4.90. The van der Waals surface area contributed by atoms with Crippen molar-refractivity contribution in [1.82, 2.24) is 9.97 Å². The highest BCUT2D eigenvalue weighted by Crippen LogP contribution is 2.15. The van der Waals surface area contributed by atoms with E-state index in [9.17, 15) is 0 Å². The minimum atomic E-state index is 0.877. The molecular formula is C18H26N4. The summed E-state index contributed by atoms with van der Waals surface area (Å²) in [6.45, 7) is 7.34. The average molecular weight is 298 g/mol. The highest BCUT2D eigenvalue weighted by atomic mass is 15.2. The van der Waals surface area contributed by atoms with Crippen molar-refractivity contribution in [3.8, 4) is 0 Å². The van der Waals surface area contributed by atoms with E-state index < -0.39 is 0 Å². The second-order valence-corrected chi connectivity index (χ2v) is 5.41. The lowest BCUT2D eigenvalue weighted by atomic mass is 10.1. The molecule has 4 nitrogen and oxygen atoms in total. The molecule has 1 aromatic carbocycles. The summed E-state index contributed by atoms with van der Waals surface area (Å²) < 4.78 is 0. The van der Waals surface area contributed by atoms with Crippen LogP contribution in [0.25, 0.3) is 0 Å². The van der Waals surface area contributed by atoms with Gasteiger partial charge in [-0.05, 0) is 24.8 Å². The lowest BCUT2D eigenvalue weighted by molar-refractivity contribution is 0.732. The summed E-state index contributed by atoms with van der Waals surface area (Å²) in [5, 5.41) is 3.39. The highest BCUT2D eigenvalue weighted by molar-refractivity contribution is 5.48. The third-order valence-corrected chi connectivity index (χ3v) is 3.53. The van der Waals surface area contributed by atoms with Gasteiger partial charge in [0.1, 0.15) is 18.0 Å². The number of nitrogens with one attached hydrogen (secondary N) is 1. The van der Waals surface area contributed by atoms with E-state index in [1.54, 1.807) is 6.33 Å². The Kier molecular flexibility index (Phi) is 6.68. The third kappa shape index (κ3) is 5.02. The maximum Gasteiger partial charge on any atom is 0.134 e. The lowest BCUT2D eigenvalue weighted by Crippen LogP contribution is -2.26. The summed E-state index contributed by atoms with van der Waals surface area (Å²) >= 11 is 0. The first kappa shape index (κ1) is 16.3. The Morgan fingerprint density at radius 1 is 1.00 bits per heavy atom. The molecule has 0 unspecified atom stereocenters. The first-order valence-electron chi connectivity index (χ1n) is 8.18. The largest absolute Gasteiger partial charge is 0.370 e. The van der Waals surface area contributed by atoms with Crippen molar-refractivity contribution in [2.45, 2.75) is 33.1 Å². The number of nitrogens with zero attached hydrogens (tertiary/aromatic N) is 3. The Bertz CT molecular complexity index is 536. The van der Waals surface area contributed by atoms with Gasteiger partial charge in [0.15, 0.2) is 0 Å². The molecule has 0 saturated heterocycles. The molecule has 0 aliphatic carbocycles. The first-order valence-corrected chi connectivity index (χ1v) is 8.18. The van der Waals surface area contributed by atoms with E-state index in [0.29, 0.717) is 0 Å². The molecule has 0 aliphatic rings. The Hall–Kier alpha value is -2.10. The molecule has 0 spiro atoms. The molecule has 22 heavy (non-hydrogen) atoms. The van der Waals surface area contributed by atoms with Crippen LogP contribution in [0.15, 0.2) is 42.7 Å². The van der Waals surface area contributed by atoms with E-state index in [2.05, 4.69) is 64.4 Å². The van der Waals surface area contributed by atoms with Crippen LogP contribution in [-0.2, 0) is 6.42 Å². The van der Waals surface area contributed by atoms with Crippen molar-refractivity contribution in [2.75, 3.05) is 29.9 Å². The van der Waals surface area contributed by atoms with Gasteiger partial charge in [0, 0.05) is 25.7 Å². The SMILES string of the molecule is CCCN(CCC)c1cc(NCCc2ccccc2)ncn1. The number of anilines is 2. The van der Waals surface area contributed by atoms with Crippen molar-refractivity contribution < 1.29 is 0 Å². The summed E-state index contributed by atoms with van der Waals surface area (Å²) in [4.78, 5) is 11.1. The monoisotopic (exact) mass is 298 g/mol. The predicted octanol–water partition coefficient (Wildman–Crippen LogP) is 3.76. The van der Waals surface area contributed by atoms with Gasteiger partial charge in [0.25, 0.3) is 0 Å². The number of hydrogen-bond acceptors (Lipinski definition) is 4. The molecule has 0 atom stereocenters. The van der Waals surface area contributed by atoms with Gasteiger partial charge in [-0.2, -0.15) is 0 Å². The highest BCUT2D eigenvalue weighted by Gasteiger charge is 2.07. The number of rotatable bonds is 9. The number of benzene rings is 1. The van der Waals surface area contributed by atoms with Gasteiger partial charge < -0.3 is 10.2 Å². The van der Waals surface area contributed by atoms with Crippen LogP contribution < -0.4 is 10.2 Å². The van der Waals surface area contributed by atoms with Gasteiger partial charge in [0.05, 0.1) is 0 Å². The van der Waals surface area contributed by atoms with Crippen molar-refractivity contribution >= 4 is 11.6 Å². The molecule has 0 bridgehead atoms. The van der Waals surface area contributed by atoms with Gasteiger partial charge in [-0.15, -0.1) is 0 Å². The third-order valence-electron chi connectivity index (χ3n) is 3.53. The molecule has 1 heterocycles. The van der Waals surface area contributed by atoms with Crippen LogP contribution in [0, 0.1) is 0 Å². The summed E-state index contributed by atoms with van der Waals surface area (Å²) in [6, 6.07) is 12.5. The van der Waals surface area contributed by atoms with Crippen molar-refractivity contribution in [1.29, 1.82) is 0 Å². The van der Waals surface area contributed by atoms with Crippen LogP contribution in [0.2, 0.25) is 0 Å².